The van der Waals surface area contributed by atoms with Gasteiger partial charge >= 0.3 is 5.97 Å². The maximum atomic E-state index is 12.7. The zero-order valence-corrected chi connectivity index (χ0v) is 14.5. The van der Waals surface area contributed by atoms with Gasteiger partial charge in [-0.15, -0.1) is 0 Å². The quantitative estimate of drug-likeness (QED) is 0.583. The minimum atomic E-state index is -0.237. The lowest BCUT2D eigenvalue weighted by Crippen LogP contribution is -2.64. The van der Waals surface area contributed by atoms with Crippen molar-refractivity contribution in [2.24, 2.45) is 16.7 Å². The molecule has 1 aromatic rings. The van der Waals surface area contributed by atoms with Crippen LogP contribution >= 0.6 is 15.9 Å². The van der Waals surface area contributed by atoms with Gasteiger partial charge in [0.2, 0.25) is 0 Å². The van der Waals surface area contributed by atoms with Crippen LogP contribution in [-0.4, -0.2) is 17.4 Å². The van der Waals surface area contributed by atoms with Gasteiger partial charge in [-0.25, -0.2) is 0 Å². The van der Waals surface area contributed by atoms with Gasteiger partial charge in [0.1, 0.15) is 0 Å². The van der Waals surface area contributed by atoms with Crippen molar-refractivity contribution in [2.75, 3.05) is 7.11 Å². The summed E-state index contributed by atoms with van der Waals surface area (Å²) in [4.78, 5) is 12.7. The van der Waals surface area contributed by atoms with Gasteiger partial charge in [-0.3, -0.25) is 4.79 Å². The van der Waals surface area contributed by atoms with Crippen LogP contribution in [0.25, 0.3) is 0 Å². The highest BCUT2D eigenvalue weighted by atomic mass is 79.9. The van der Waals surface area contributed by atoms with Crippen molar-refractivity contribution in [1.82, 2.24) is 0 Å². The third-order valence-corrected chi connectivity index (χ3v) is 8.87. The van der Waals surface area contributed by atoms with Crippen molar-refractivity contribution in [3.8, 4) is 0 Å². The molecule has 3 heteroatoms. The molecule has 4 aliphatic carbocycles. The molecule has 4 fully saturated rings. The predicted molar refractivity (Wildman–Crippen MR) is 87.9 cm³/mol. The number of carbonyl (C=O) groups excluding carboxylic acids is 1. The third kappa shape index (κ3) is 1.22. The minimum Gasteiger partial charge on any atom is -0.469 e. The molecule has 4 aliphatic rings. The van der Waals surface area contributed by atoms with E-state index >= 15 is 0 Å². The molecule has 0 heterocycles. The lowest BCUT2D eigenvalue weighted by Gasteiger charge is -2.64. The lowest BCUT2D eigenvalue weighted by atomic mass is 9.44. The molecule has 4 saturated carbocycles. The van der Waals surface area contributed by atoms with E-state index in [1.807, 2.05) is 0 Å². The fraction of sp³-hybridized carbons (Fsp3) is 0.632. The van der Waals surface area contributed by atoms with Crippen LogP contribution in [0.4, 0.5) is 0 Å². The van der Waals surface area contributed by atoms with Crippen LogP contribution in [0.2, 0.25) is 0 Å². The Hall–Kier alpha value is -0.830. The predicted octanol–water partition coefficient (Wildman–Crippen LogP) is 4.22. The van der Waals surface area contributed by atoms with Crippen LogP contribution in [0.5, 0.6) is 0 Å². The molecule has 5 atom stereocenters. The molecule has 5 rings (SSSR count). The largest absolute Gasteiger partial charge is 0.469 e. The second kappa shape index (κ2) is 3.80. The number of rotatable bonds is 2. The van der Waals surface area contributed by atoms with E-state index in [0.29, 0.717) is 5.92 Å². The van der Waals surface area contributed by atoms with Crippen molar-refractivity contribution < 1.29 is 9.53 Å². The third-order valence-electron chi connectivity index (χ3n) is 7.51. The SMILES string of the molecule is COC(=O)C12CC3CC4(Br)CC(c5ccccc5)(C1)C4(C3)C2. The van der Waals surface area contributed by atoms with Crippen molar-refractivity contribution >= 4 is 21.9 Å². The number of ether oxygens (including phenoxy) is 1. The van der Waals surface area contributed by atoms with E-state index in [9.17, 15) is 4.79 Å². The van der Waals surface area contributed by atoms with E-state index < -0.39 is 0 Å². The molecule has 1 spiro atoms. The highest BCUT2D eigenvalue weighted by Crippen LogP contribution is 2.87. The van der Waals surface area contributed by atoms with E-state index in [4.69, 9.17) is 4.74 Å². The van der Waals surface area contributed by atoms with Crippen LogP contribution < -0.4 is 0 Å². The first-order chi connectivity index (χ1) is 10.5. The molecule has 2 nitrogen and oxygen atoms in total. The summed E-state index contributed by atoms with van der Waals surface area (Å²) in [6.07, 6.45) is 6.73. The fourth-order valence-electron chi connectivity index (χ4n) is 7.18. The molecule has 0 radical (unpaired) electrons. The molecule has 1 aromatic carbocycles. The van der Waals surface area contributed by atoms with Crippen LogP contribution in [0.1, 0.15) is 44.1 Å². The Bertz CT molecular complexity index is 673. The normalized spacial score (nSPS) is 50.5. The first kappa shape index (κ1) is 13.6. The number of esters is 1. The van der Waals surface area contributed by atoms with Crippen LogP contribution in [0.3, 0.4) is 0 Å². The number of hydrogen-bond donors (Lipinski definition) is 0. The van der Waals surface area contributed by atoms with Gasteiger partial charge in [0.15, 0.2) is 0 Å². The summed E-state index contributed by atoms with van der Waals surface area (Å²) in [5, 5.41) is 0. The smallest absolute Gasteiger partial charge is 0.311 e. The number of benzene rings is 1. The molecule has 3 bridgehead atoms. The summed E-state index contributed by atoms with van der Waals surface area (Å²) in [5.41, 5.74) is 1.65. The maximum Gasteiger partial charge on any atom is 0.311 e. The number of fused-ring (bicyclic) bond motifs is 2. The van der Waals surface area contributed by atoms with E-state index in [-0.39, 0.29) is 26.5 Å². The molecular weight excluding hydrogens is 340 g/mol. The van der Waals surface area contributed by atoms with Crippen molar-refractivity contribution in [1.29, 1.82) is 0 Å². The number of halogens is 1. The van der Waals surface area contributed by atoms with E-state index in [1.165, 1.54) is 24.8 Å². The lowest BCUT2D eigenvalue weighted by molar-refractivity contribution is -0.155. The van der Waals surface area contributed by atoms with Crippen LogP contribution in [-0.2, 0) is 14.9 Å². The Balaban J connectivity index is 1.71. The first-order valence-electron chi connectivity index (χ1n) is 8.32. The van der Waals surface area contributed by atoms with E-state index in [1.54, 1.807) is 7.11 Å². The monoisotopic (exact) mass is 360 g/mol. The molecule has 0 amide bonds. The molecule has 116 valence electrons. The number of alkyl halides is 1. The highest BCUT2D eigenvalue weighted by Gasteiger charge is 2.84. The Morgan fingerprint density at radius 3 is 2.64 bits per heavy atom. The number of carbonyl (C=O) groups is 1. The zero-order chi connectivity index (χ0) is 15.2. The average Bonchev–Trinajstić information content (AvgIpc) is 2.81. The van der Waals surface area contributed by atoms with Gasteiger partial charge in [0.05, 0.1) is 12.5 Å². The Morgan fingerprint density at radius 2 is 1.91 bits per heavy atom. The van der Waals surface area contributed by atoms with E-state index in [2.05, 4.69) is 46.3 Å². The van der Waals surface area contributed by atoms with Gasteiger partial charge in [-0.2, -0.15) is 0 Å². The zero-order valence-electron chi connectivity index (χ0n) is 12.9. The molecular formula is C19H21BrO2. The van der Waals surface area contributed by atoms with Crippen molar-refractivity contribution in [3.05, 3.63) is 35.9 Å². The summed E-state index contributed by atoms with van der Waals surface area (Å²) >= 11 is 4.14. The second-order valence-electron chi connectivity index (χ2n) is 8.28. The summed E-state index contributed by atoms with van der Waals surface area (Å²) in [5.74, 6) is 0.721. The van der Waals surface area contributed by atoms with E-state index in [0.717, 1.165) is 19.3 Å². The molecule has 22 heavy (non-hydrogen) atoms. The topological polar surface area (TPSA) is 26.3 Å². The first-order valence-corrected chi connectivity index (χ1v) is 9.12. The summed E-state index contributed by atoms with van der Waals surface area (Å²) in [7, 11) is 1.56. The minimum absolute atomic E-state index is 0.0398. The molecule has 0 saturated heterocycles. The Kier molecular flexibility index (Phi) is 2.35. The number of hydrogen-bond acceptors (Lipinski definition) is 2. The van der Waals surface area contributed by atoms with Gasteiger partial charge < -0.3 is 4.74 Å². The average molecular weight is 361 g/mol. The molecule has 0 aliphatic heterocycles. The van der Waals surface area contributed by atoms with Gasteiger partial charge in [-0.05, 0) is 55.4 Å². The fourth-order valence-corrected chi connectivity index (χ4v) is 8.80. The van der Waals surface area contributed by atoms with Gasteiger partial charge in [0.25, 0.3) is 0 Å². The molecule has 0 aromatic heterocycles. The highest BCUT2D eigenvalue weighted by molar-refractivity contribution is 9.10. The van der Waals surface area contributed by atoms with Crippen molar-refractivity contribution in [3.63, 3.8) is 0 Å². The van der Waals surface area contributed by atoms with Crippen LogP contribution in [0.15, 0.2) is 30.3 Å². The maximum absolute atomic E-state index is 12.7. The summed E-state index contributed by atoms with van der Waals surface area (Å²) in [6.45, 7) is 0. The summed E-state index contributed by atoms with van der Waals surface area (Å²) in [6, 6.07) is 10.9. The van der Waals surface area contributed by atoms with Crippen LogP contribution in [0, 0.1) is 16.7 Å². The molecule has 5 unspecified atom stereocenters. The number of methoxy groups -OCH3 is 1. The Labute approximate surface area is 139 Å². The van der Waals surface area contributed by atoms with Gasteiger partial charge in [-0.1, -0.05) is 46.3 Å². The second-order valence-corrected chi connectivity index (χ2v) is 9.79. The standard InChI is InChI=1S/C19H21BrO2/c1-22-15(21)16-7-13-8-18(11-16)17(10-16,12-19(18,20)9-13)14-5-3-2-4-6-14/h2-6,13H,7-12H2,1H3. The van der Waals surface area contributed by atoms with Gasteiger partial charge in [0, 0.05) is 9.74 Å². The summed E-state index contributed by atoms with van der Waals surface area (Å²) < 4.78 is 5.51. The Morgan fingerprint density at radius 1 is 1.14 bits per heavy atom. The van der Waals surface area contributed by atoms with Crippen molar-refractivity contribution in [2.45, 2.75) is 48.3 Å². The molecule has 0 N–H and O–H groups in total.